The van der Waals surface area contributed by atoms with Crippen LogP contribution in [0.15, 0.2) is 36.4 Å². The zero-order valence-corrected chi connectivity index (χ0v) is 15.0. The summed E-state index contributed by atoms with van der Waals surface area (Å²) in [6, 6.07) is 9.18. The lowest BCUT2D eigenvalue weighted by atomic mass is 9.99. The molecule has 0 N–H and O–H groups in total. The van der Waals surface area contributed by atoms with Crippen LogP contribution >= 0.6 is 34.5 Å². The highest BCUT2D eigenvalue weighted by molar-refractivity contribution is 7.18. The first-order valence-corrected chi connectivity index (χ1v) is 8.64. The second-order valence-corrected chi connectivity index (χ2v) is 7.19. The summed E-state index contributed by atoms with van der Waals surface area (Å²) in [7, 11) is 0. The first kappa shape index (κ1) is 18.6. The number of ketones is 1. The molecule has 1 atom stereocenters. The maximum atomic E-state index is 12.8. The van der Waals surface area contributed by atoms with Gasteiger partial charge in [-0.3, -0.25) is 4.79 Å². The fourth-order valence-corrected chi connectivity index (χ4v) is 3.81. The van der Waals surface area contributed by atoms with Crippen LogP contribution in [0.25, 0.3) is 10.2 Å². The van der Waals surface area contributed by atoms with Gasteiger partial charge in [0.25, 0.3) is 0 Å². The number of rotatable bonds is 3. The molecule has 9 heteroatoms. The third-order valence-electron chi connectivity index (χ3n) is 3.57. The third kappa shape index (κ3) is 3.54. The van der Waals surface area contributed by atoms with E-state index in [0.717, 1.165) is 23.5 Å². The van der Waals surface area contributed by atoms with Gasteiger partial charge in [0.1, 0.15) is 5.01 Å². The molecule has 1 unspecified atom stereocenters. The summed E-state index contributed by atoms with van der Waals surface area (Å²) in [6.45, 7) is 0. The van der Waals surface area contributed by atoms with Gasteiger partial charge in [-0.25, -0.2) is 4.98 Å². The predicted molar refractivity (Wildman–Crippen MR) is 93.8 cm³/mol. The van der Waals surface area contributed by atoms with Crippen molar-refractivity contribution in [2.75, 3.05) is 0 Å². The maximum Gasteiger partial charge on any atom is 0.416 e. The smallest absolute Gasteiger partial charge is 0.292 e. The van der Waals surface area contributed by atoms with Gasteiger partial charge in [0.15, 0.2) is 11.7 Å². The van der Waals surface area contributed by atoms with Crippen LogP contribution in [0.1, 0.15) is 26.8 Å². The molecule has 26 heavy (non-hydrogen) atoms. The Hall–Kier alpha value is -2.14. The number of alkyl halides is 3. The van der Waals surface area contributed by atoms with Crippen molar-refractivity contribution in [1.82, 2.24) is 4.98 Å². The lowest BCUT2D eigenvalue weighted by Crippen LogP contribution is -2.11. The molecule has 0 amide bonds. The summed E-state index contributed by atoms with van der Waals surface area (Å²) in [4.78, 5) is 16.7. The summed E-state index contributed by atoms with van der Waals surface area (Å²) < 4.78 is 38.9. The van der Waals surface area contributed by atoms with Crippen LogP contribution in [0.3, 0.4) is 0 Å². The van der Waals surface area contributed by atoms with E-state index in [-0.39, 0.29) is 21.1 Å². The Kier molecular flexibility index (Phi) is 4.93. The number of carbonyl (C=O) groups is 1. The lowest BCUT2D eigenvalue weighted by molar-refractivity contribution is -0.137. The van der Waals surface area contributed by atoms with E-state index in [1.54, 1.807) is 0 Å². The fourth-order valence-electron chi connectivity index (χ4n) is 2.32. The van der Waals surface area contributed by atoms with E-state index in [2.05, 4.69) is 4.98 Å². The van der Waals surface area contributed by atoms with E-state index in [4.69, 9.17) is 23.2 Å². The number of nitriles is 1. The van der Waals surface area contributed by atoms with Crippen molar-refractivity contribution in [1.29, 1.82) is 5.26 Å². The van der Waals surface area contributed by atoms with Gasteiger partial charge < -0.3 is 0 Å². The Morgan fingerprint density at radius 1 is 1.19 bits per heavy atom. The third-order valence-corrected chi connectivity index (χ3v) is 5.22. The zero-order chi connectivity index (χ0) is 19.1. The van der Waals surface area contributed by atoms with Crippen molar-refractivity contribution < 1.29 is 18.0 Å². The topological polar surface area (TPSA) is 53.8 Å². The van der Waals surface area contributed by atoms with Gasteiger partial charge in [-0.15, -0.1) is 11.3 Å². The van der Waals surface area contributed by atoms with Gasteiger partial charge in [-0.2, -0.15) is 18.4 Å². The first-order valence-electron chi connectivity index (χ1n) is 7.07. The maximum absolute atomic E-state index is 12.8. The van der Waals surface area contributed by atoms with Gasteiger partial charge in [0, 0.05) is 10.6 Å². The van der Waals surface area contributed by atoms with Crippen molar-refractivity contribution in [3.05, 3.63) is 62.6 Å². The lowest BCUT2D eigenvalue weighted by Gasteiger charge is -2.07. The number of carbonyl (C=O) groups excluding carboxylic acids is 1. The fraction of sp³-hybridized carbons (Fsp3) is 0.118. The molecule has 1 heterocycles. The average molecular weight is 415 g/mol. The molecule has 0 aliphatic heterocycles. The van der Waals surface area contributed by atoms with E-state index >= 15 is 0 Å². The highest BCUT2D eigenvalue weighted by Gasteiger charge is 2.32. The Morgan fingerprint density at radius 2 is 1.92 bits per heavy atom. The highest BCUT2D eigenvalue weighted by Crippen LogP contribution is 2.35. The van der Waals surface area contributed by atoms with E-state index in [0.29, 0.717) is 9.72 Å². The van der Waals surface area contributed by atoms with Crippen LogP contribution in [-0.2, 0) is 6.18 Å². The van der Waals surface area contributed by atoms with Crippen molar-refractivity contribution in [3.63, 3.8) is 0 Å². The number of Topliss-reactive ketones (excluding diaryl/α,β-unsaturated/α-hetero) is 1. The molecule has 132 valence electrons. The molecule has 0 saturated carbocycles. The molecule has 0 radical (unpaired) electrons. The Bertz CT molecular complexity index is 1060. The van der Waals surface area contributed by atoms with E-state index in [1.165, 1.54) is 24.3 Å². The van der Waals surface area contributed by atoms with Crippen LogP contribution in [0.5, 0.6) is 0 Å². The summed E-state index contributed by atoms with van der Waals surface area (Å²) in [5.74, 6) is -1.87. The molecule has 0 aliphatic carbocycles. The molecule has 0 bridgehead atoms. The SMILES string of the molecule is N#CC(C(=O)c1ccc(Cl)cc1Cl)c1nc2cc(C(F)(F)F)ccc2s1. The number of benzene rings is 2. The van der Waals surface area contributed by atoms with E-state index < -0.39 is 23.4 Å². The minimum Gasteiger partial charge on any atom is -0.292 e. The van der Waals surface area contributed by atoms with Crippen molar-refractivity contribution in [2.45, 2.75) is 12.1 Å². The minimum atomic E-state index is -4.50. The van der Waals surface area contributed by atoms with Crippen LogP contribution in [0, 0.1) is 11.3 Å². The summed E-state index contributed by atoms with van der Waals surface area (Å²) >= 11 is 12.8. The molecule has 0 saturated heterocycles. The van der Waals surface area contributed by atoms with Crippen LogP contribution in [0.2, 0.25) is 10.0 Å². The quantitative estimate of drug-likeness (QED) is 0.485. The molecule has 0 aliphatic rings. The number of aromatic nitrogens is 1. The number of halogens is 5. The van der Waals surface area contributed by atoms with E-state index in [1.807, 2.05) is 6.07 Å². The monoisotopic (exact) mass is 414 g/mol. The molecule has 3 rings (SSSR count). The van der Waals surface area contributed by atoms with Gasteiger partial charge >= 0.3 is 6.18 Å². The van der Waals surface area contributed by atoms with Gasteiger partial charge in [0.05, 0.1) is 26.9 Å². The normalized spacial score (nSPS) is 12.8. The molecule has 2 aromatic carbocycles. The van der Waals surface area contributed by atoms with Crippen LogP contribution in [0.4, 0.5) is 13.2 Å². The highest BCUT2D eigenvalue weighted by atomic mass is 35.5. The van der Waals surface area contributed by atoms with E-state index in [9.17, 15) is 23.2 Å². The largest absolute Gasteiger partial charge is 0.416 e. The van der Waals surface area contributed by atoms with Crippen molar-refractivity contribution in [2.24, 2.45) is 0 Å². The Balaban J connectivity index is 2.02. The number of hydrogen-bond acceptors (Lipinski definition) is 4. The summed E-state index contributed by atoms with van der Waals surface area (Å²) in [6.07, 6.45) is -4.50. The molecular weight excluding hydrogens is 408 g/mol. The van der Waals surface area contributed by atoms with Crippen molar-refractivity contribution in [3.8, 4) is 6.07 Å². The van der Waals surface area contributed by atoms with Gasteiger partial charge in [0.2, 0.25) is 0 Å². The summed E-state index contributed by atoms with van der Waals surface area (Å²) in [5.41, 5.74) is -0.671. The molecular formula is C17H7Cl2F3N2OS. The van der Waals surface area contributed by atoms with Crippen LogP contribution in [-0.4, -0.2) is 10.8 Å². The predicted octanol–water partition coefficient (Wildman–Crippen LogP) is 6.11. The Morgan fingerprint density at radius 3 is 2.54 bits per heavy atom. The molecule has 1 aromatic heterocycles. The minimum absolute atomic E-state index is 0.0788. The molecule has 3 aromatic rings. The average Bonchev–Trinajstić information content (AvgIpc) is 2.97. The first-order chi connectivity index (χ1) is 12.2. The standard InChI is InChI=1S/C17H7Cl2F3N2OS/c18-9-2-3-10(12(19)6-9)15(25)11(7-23)16-24-13-5-8(17(20,21)22)1-4-14(13)26-16/h1-6,11H. The van der Waals surface area contributed by atoms with Gasteiger partial charge in [-0.05, 0) is 36.4 Å². The van der Waals surface area contributed by atoms with Crippen LogP contribution < -0.4 is 0 Å². The molecule has 0 spiro atoms. The van der Waals surface area contributed by atoms with Crippen molar-refractivity contribution >= 4 is 50.5 Å². The zero-order valence-electron chi connectivity index (χ0n) is 12.6. The number of fused-ring (bicyclic) bond motifs is 1. The number of hydrogen-bond donors (Lipinski definition) is 0. The van der Waals surface area contributed by atoms with Gasteiger partial charge in [-0.1, -0.05) is 23.2 Å². The summed E-state index contributed by atoms with van der Waals surface area (Å²) in [5, 5.41) is 9.94. The molecule has 3 nitrogen and oxygen atoms in total. The number of nitrogens with zero attached hydrogens (tertiary/aromatic N) is 2. The Labute approximate surface area is 159 Å². The second-order valence-electron chi connectivity index (χ2n) is 5.28. The number of thiazole rings is 1. The molecule has 0 fully saturated rings. The second kappa shape index (κ2) is 6.88.